The van der Waals surface area contributed by atoms with E-state index in [1.807, 2.05) is 24.3 Å². The van der Waals surface area contributed by atoms with Crippen molar-refractivity contribution >= 4 is 32.5 Å². The van der Waals surface area contributed by atoms with Gasteiger partial charge in [0.05, 0.1) is 23.5 Å². The van der Waals surface area contributed by atoms with Gasteiger partial charge >= 0.3 is 0 Å². The van der Waals surface area contributed by atoms with Gasteiger partial charge in [0, 0.05) is 23.7 Å². The number of hydrogen-bond donors (Lipinski definition) is 0. The summed E-state index contributed by atoms with van der Waals surface area (Å²) in [5.74, 6) is 1.68. The van der Waals surface area contributed by atoms with Crippen LogP contribution in [0.25, 0.3) is 21.2 Å². The third kappa shape index (κ3) is 3.16. The van der Waals surface area contributed by atoms with Crippen molar-refractivity contribution in [3.63, 3.8) is 0 Å². The van der Waals surface area contributed by atoms with Gasteiger partial charge in [-0.2, -0.15) is 4.91 Å². The second-order valence-corrected chi connectivity index (χ2v) is 9.12. The molecule has 6 rings (SSSR count). The molecule has 0 amide bonds. The second kappa shape index (κ2) is 7.14. The molecule has 2 bridgehead atoms. The van der Waals surface area contributed by atoms with Crippen molar-refractivity contribution in [3.05, 3.63) is 53.4 Å². The summed E-state index contributed by atoms with van der Waals surface area (Å²) in [7, 11) is 0. The van der Waals surface area contributed by atoms with Crippen molar-refractivity contribution < 1.29 is 9.15 Å². The highest BCUT2D eigenvalue weighted by atomic mass is 32.1. The molecule has 2 aliphatic rings. The summed E-state index contributed by atoms with van der Waals surface area (Å²) >= 11 is 1.50. The molecule has 30 heavy (non-hydrogen) atoms. The van der Waals surface area contributed by atoms with E-state index < -0.39 is 0 Å². The average molecular weight is 420 g/mol. The maximum atomic E-state index is 11.0. The van der Waals surface area contributed by atoms with E-state index in [0.717, 1.165) is 64.9 Å². The molecule has 2 aliphatic heterocycles. The monoisotopic (exact) mass is 420 g/mol. The number of piperidine rings is 1. The van der Waals surface area contributed by atoms with E-state index in [1.54, 1.807) is 12.4 Å². The number of nitroso groups, excluding NO2 is 1. The van der Waals surface area contributed by atoms with E-state index in [2.05, 4.69) is 26.1 Å². The summed E-state index contributed by atoms with van der Waals surface area (Å²) in [6, 6.07) is 10.7. The van der Waals surface area contributed by atoms with Gasteiger partial charge in [0.25, 0.3) is 5.19 Å². The highest BCUT2D eigenvalue weighted by Gasteiger charge is 2.41. The first-order valence-electron chi connectivity index (χ1n) is 10.2. The molecule has 3 aromatic heterocycles. The summed E-state index contributed by atoms with van der Waals surface area (Å²) in [5.41, 5.74) is 1.69. The van der Waals surface area contributed by atoms with Crippen molar-refractivity contribution in [2.24, 2.45) is 5.18 Å². The Hall–Kier alpha value is -2.84. The molecule has 1 aromatic carbocycles. The number of nitrogens with zero attached hydrogens (tertiary/aromatic N) is 4. The molecule has 1 unspecified atom stereocenters. The number of aromatic nitrogens is 2. The highest BCUT2D eigenvalue weighted by molar-refractivity contribution is 7.20. The Morgan fingerprint density at radius 2 is 2.07 bits per heavy atom. The van der Waals surface area contributed by atoms with E-state index in [9.17, 15) is 4.91 Å². The summed E-state index contributed by atoms with van der Waals surface area (Å²) in [5, 5.41) is 4.92. The molecule has 3 atom stereocenters. The van der Waals surface area contributed by atoms with Gasteiger partial charge in [-0.3, -0.25) is 9.88 Å². The molecule has 0 N–H and O–H groups in total. The Morgan fingerprint density at radius 3 is 2.87 bits per heavy atom. The first kappa shape index (κ1) is 18.0. The molecule has 8 heteroatoms. The number of benzene rings is 1. The molecule has 5 heterocycles. The van der Waals surface area contributed by atoms with Crippen LogP contribution in [-0.4, -0.2) is 33.0 Å². The number of ether oxygens (including phenoxy) is 1. The zero-order valence-corrected chi connectivity index (χ0v) is 17.0. The molecule has 7 nitrogen and oxygen atoms in total. The SMILES string of the molecule is O=NC1C[C@H]2CC[C@@H](C1)N2Cc1cc2cc(Oc3nc4cnccc4s3)ccc2o1. The first-order valence-corrected chi connectivity index (χ1v) is 11.1. The maximum absolute atomic E-state index is 11.0. The molecular weight excluding hydrogens is 400 g/mol. The van der Waals surface area contributed by atoms with Gasteiger partial charge in [-0.05, 0) is 56.0 Å². The summed E-state index contributed by atoms with van der Waals surface area (Å²) in [6.45, 7) is 0.774. The lowest BCUT2D eigenvalue weighted by molar-refractivity contribution is 0.112. The van der Waals surface area contributed by atoms with Crippen LogP contribution >= 0.6 is 11.3 Å². The zero-order valence-electron chi connectivity index (χ0n) is 16.2. The minimum atomic E-state index is -0.0209. The summed E-state index contributed by atoms with van der Waals surface area (Å²) < 4.78 is 13.1. The summed E-state index contributed by atoms with van der Waals surface area (Å²) in [4.78, 5) is 22.0. The maximum Gasteiger partial charge on any atom is 0.279 e. The third-order valence-corrected chi connectivity index (χ3v) is 7.18. The molecule has 0 spiro atoms. The Morgan fingerprint density at radius 1 is 1.20 bits per heavy atom. The highest BCUT2D eigenvalue weighted by Crippen LogP contribution is 2.39. The predicted octanol–water partition coefficient (Wildman–Crippen LogP) is 5.49. The minimum Gasteiger partial charge on any atom is -0.460 e. The number of pyridine rings is 1. The van der Waals surface area contributed by atoms with Crippen molar-refractivity contribution in [1.82, 2.24) is 14.9 Å². The number of thiazole rings is 1. The lowest BCUT2D eigenvalue weighted by atomic mass is 9.98. The zero-order chi connectivity index (χ0) is 20.1. The van der Waals surface area contributed by atoms with Crippen LogP contribution < -0.4 is 4.74 Å². The Labute approximate surface area is 176 Å². The first-order chi connectivity index (χ1) is 14.7. The van der Waals surface area contributed by atoms with Crippen LogP contribution in [0.1, 0.15) is 31.4 Å². The van der Waals surface area contributed by atoms with Crippen molar-refractivity contribution in [1.29, 1.82) is 0 Å². The molecule has 152 valence electrons. The predicted molar refractivity (Wildman–Crippen MR) is 115 cm³/mol. The lowest BCUT2D eigenvalue weighted by Gasteiger charge is -2.35. The van der Waals surface area contributed by atoms with E-state index in [1.165, 1.54) is 11.3 Å². The molecule has 0 radical (unpaired) electrons. The smallest absolute Gasteiger partial charge is 0.279 e. The van der Waals surface area contributed by atoms with E-state index in [-0.39, 0.29) is 6.04 Å². The quantitative estimate of drug-likeness (QED) is 0.397. The van der Waals surface area contributed by atoms with Gasteiger partial charge in [0.1, 0.15) is 22.6 Å². The van der Waals surface area contributed by atoms with Crippen LogP contribution in [0.15, 0.2) is 52.3 Å². The minimum absolute atomic E-state index is 0.0209. The van der Waals surface area contributed by atoms with Crippen LogP contribution in [-0.2, 0) is 6.54 Å². The van der Waals surface area contributed by atoms with Crippen LogP contribution in [0.4, 0.5) is 0 Å². The molecule has 4 aromatic rings. The van der Waals surface area contributed by atoms with Gasteiger partial charge in [-0.25, -0.2) is 4.98 Å². The number of furan rings is 1. The van der Waals surface area contributed by atoms with Crippen LogP contribution in [0, 0.1) is 4.91 Å². The molecule has 2 saturated heterocycles. The van der Waals surface area contributed by atoms with Crippen molar-refractivity contribution in [2.75, 3.05) is 0 Å². The number of fused-ring (bicyclic) bond motifs is 4. The molecule has 2 fully saturated rings. The standard InChI is InChI=1S/C22H20N4O3S/c27-25-14-9-15-1-2-16(10-14)26(15)12-18-8-13-7-17(3-4-20(13)28-18)29-22-24-19-11-23-6-5-21(19)30-22/h3-8,11,14-16H,1-2,9-10,12H2/t14?,15-,16+. The van der Waals surface area contributed by atoms with E-state index in [0.29, 0.717) is 17.3 Å². The third-order valence-electron chi connectivity index (χ3n) is 6.26. The van der Waals surface area contributed by atoms with Crippen molar-refractivity contribution in [3.8, 4) is 10.9 Å². The van der Waals surface area contributed by atoms with E-state index >= 15 is 0 Å². The largest absolute Gasteiger partial charge is 0.460 e. The van der Waals surface area contributed by atoms with E-state index in [4.69, 9.17) is 9.15 Å². The molecule has 0 aliphatic carbocycles. The Bertz CT molecular complexity index is 1190. The lowest BCUT2D eigenvalue weighted by Crippen LogP contribution is -2.43. The van der Waals surface area contributed by atoms with Crippen LogP contribution in [0.3, 0.4) is 0 Å². The molecular formula is C22H20N4O3S. The van der Waals surface area contributed by atoms with Crippen LogP contribution in [0.2, 0.25) is 0 Å². The van der Waals surface area contributed by atoms with Gasteiger partial charge in [-0.15, -0.1) is 0 Å². The van der Waals surface area contributed by atoms with Gasteiger partial charge in [0.15, 0.2) is 0 Å². The van der Waals surface area contributed by atoms with Crippen LogP contribution in [0.5, 0.6) is 10.9 Å². The van der Waals surface area contributed by atoms with Gasteiger partial charge in [-0.1, -0.05) is 16.5 Å². The second-order valence-electron chi connectivity index (χ2n) is 8.13. The fourth-order valence-corrected chi connectivity index (χ4v) is 5.69. The van der Waals surface area contributed by atoms with Crippen molar-refractivity contribution in [2.45, 2.75) is 50.4 Å². The Balaban J connectivity index is 1.21. The van der Waals surface area contributed by atoms with Gasteiger partial charge < -0.3 is 9.15 Å². The summed E-state index contributed by atoms with van der Waals surface area (Å²) in [6.07, 6.45) is 7.53. The van der Waals surface area contributed by atoms with Gasteiger partial charge in [0.2, 0.25) is 0 Å². The topological polar surface area (TPSA) is 80.8 Å². The number of hydrogen-bond acceptors (Lipinski definition) is 8. The number of rotatable bonds is 5. The fourth-order valence-electron chi connectivity index (χ4n) is 4.89. The average Bonchev–Trinajstić information content (AvgIpc) is 3.40. The fraction of sp³-hybridized carbons (Fsp3) is 0.364. The normalized spacial score (nSPS) is 23.9. The Kier molecular flexibility index (Phi) is 4.28. The molecule has 0 saturated carbocycles.